The van der Waals surface area contributed by atoms with Gasteiger partial charge in [0, 0.05) is 24.0 Å². The lowest BCUT2D eigenvalue weighted by Gasteiger charge is -2.02. The van der Waals surface area contributed by atoms with Crippen LogP contribution in [0.15, 0.2) is 53.7 Å². The summed E-state index contributed by atoms with van der Waals surface area (Å²) in [7, 11) is 0. The zero-order valence-electron chi connectivity index (χ0n) is 10.1. The summed E-state index contributed by atoms with van der Waals surface area (Å²) in [5.74, 6) is 0.710. The molecule has 0 bridgehead atoms. The van der Waals surface area contributed by atoms with Crippen molar-refractivity contribution in [2.45, 2.75) is 6.92 Å². The van der Waals surface area contributed by atoms with Gasteiger partial charge in [0.05, 0.1) is 5.69 Å². The summed E-state index contributed by atoms with van der Waals surface area (Å²) >= 11 is 0. The van der Waals surface area contributed by atoms with E-state index in [1.807, 2.05) is 37.3 Å². The first-order chi connectivity index (χ1) is 8.74. The summed E-state index contributed by atoms with van der Waals surface area (Å²) in [5.41, 5.74) is 4.35. The molecule has 3 aromatic rings. The summed E-state index contributed by atoms with van der Waals surface area (Å²) in [6, 6.07) is 9.58. The number of fused-ring (bicyclic) bond motifs is 1. The van der Waals surface area contributed by atoms with Crippen molar-refractivity contribution in [2.24, 2.45) is 0 Å². The third-order valence-corrected chi connectivity index (χ3v) is 2.81. The second kappa shape index (κ2) is 4.11. The lowest BCUT2D eigenvalue weighted by Crippen LogP contribution is -1.89. The molecule has 0 spiro atoms. The molecule has 0 radical (unpaired) electrons. The maximum atomic E-state index is 5.72. The molecule has 0 aromatic carbocycles. The van der Waals surface area contributed by atoms with E-state index in [1.165, 1.54) is 0 Å². The maximum absolute atomic E-state index is 5.72. The molecule has 0 aliphatic carbocycles. The van der Waals surface area contributed by atoms with Crippen molar-refractivity contribution < 1.29 is 4.42 Å². The van der Waals surface area contributed by atoms with Crippen LogP contribution in [-0.4, -0.2) is 9.97 Å². The highest BCUT2D eigenvalue weighted by molar-refractivity contribution is 5.82. The van der Waals surface area contributed by atoms with Crippen LogP contribution in [0.4, 0.5) is 0 Å². The molecule has 0 N–H and O–H groups in total. The van der Waals surface area contributed by atoms with Gasteiger partial charge in [-0.1, -0.05) is 6.58 Å². The second-order valence-electron chi connectivity index (χ2n) is 4.19. The van der Waals surface area contributed by atoms with E-state index < -0.39 is 0 Å². The van der Waals surface area contributed by atoms with E-state index in [-0.39, 0.29) is 0 Å². The Morgan fingerprint density at radius 3 is 2.83 bits per heavy atom. The number of rotatable bonds is 2. The van der Waals surface area contributed by atoms with Gasteiger partial charge in [0.15, 0.2) is 5.58 Å². The fourth-order valence-corrected chi connectivity index (χ4v) is 1.85. The van der Waals surface area contributed by atoms with Crippen LogP contribution in [0.1, 0.15) is 17.0 Å². The maximum Gasteiger partial charge on any atom is 0.153 e. The van der Waals surface area contributed by atoms with Crippen LogP contribution >= 0.6 is 0 Å². The van der Waals surface area contributed by atoms with E-state index in [4.69, 9.17) is 4.42 Å². The van der Waals surface area contributed by atoms with Crippen LogP contribution in [0.2, 0.25) is 0 Å². The molecule has 88 valence electrons. The number of pyridine rings is 2. The van der Waals surface area contributed by atoms with Crippen molar-refractivity contribution >= 4 is 16.7 Å². The topological polar surface area (TPSA) is 38.9 Å². The second-order valence-corrected chi connectivity index (χ2v) is 4.19. The Balaban J connectivity index is 2.06. The Hall–Kier alpha value is -2.42. The Bertz CT molecular complexity index is 695. The van der Waals surface area contributed by atoms with E-state index in [9.17, 15) is 0 Å². The van der Waals surface area contributed by atoms with Crippen molar-refractivity contribution in [2.75, 3.05) is 0 Å². The van der Waals surface area contributed by atoms with Gasteiger partial charge < -0.3 is 4.42 Å². The molecule has 0 atom stereocenters. The fourth-order valence-electron chi connectivity index (χ4n) is 1.85. The SMILES string of the molecule is C=C(c1cc(C)ccn1)c1cc2ncccc2o1. The van der Waals surface area contributed by atoms with Gasteiger partial charge in [-0.05, 0) is 36.8 Å². The Kier molecular flexibility index (Phi) is 2.45. The molecule has 0 aliphatic heterocycles. The minimum Gasteiger partial charge on any atom is -0.454 e. The number of hydrogen-bond donors (Lipinski definition) is 0. The minimum absolute atomic E-state index is 0.710. The van der Waals surface area contributed by atoms with E-state index in [2.05, 4.69) is 16.5 Å². The van der Waals surface area contributed by atoms with Crippen LogP contribution in [0.25, 0.3) is 16.7 Å². The largest absolute Gasteiger partial charge is 0.454 e. The van der Waals surface area contributed by atoms with Crippen molar-refractivity contribution in [3.8, 4) is 0 Å². The molecule has 0 saturated heterocycles. The van der Waals surface area contributed by atoms with Gasteiger partial charge >= 0.3 is 0 Å². The lowest BCUT2D eigenvalue weighted by molar-refractivity contribution is 0.600. The summed E-state index contributed by atoms with van der Waals surface area (Å²) < 4.78 is 5.72. The molecule has 3 nitrogen and oxygen atoms in total. The van der Waals surface area contributed by atoms with Gasteiger partial charge in [0.1, 0.15) is 11.3 Å². The van der Waals surface area contributed by atoms with Crippen LogP contribution < -0.4 is 0 Å². The highest BCUT2D eigenvalue weighted by atomic mass is 16.3. The smallest absolute Gasteiger partial charge is 0.153 e. The molecule has 3 heteroatoms. The van der Waals surface area contributed by atoms with Crippen LogP contribution in [0, 0.1) is 6.92 Å². The van der Waals surface area contributed by atoms with Crippen molar-refractivity contribution in [1.29, 1.82) is 0 Å². The van der Waals surface area contributed by atoms with Gasteiger partial charge in [0.2, 0.25) is 0 Å². The van der Waals surface area contributed by atoms with E-state index in [0.717, 1.165) is 27.9 Å². The monoisotopic (exact) mass is 236 g/mol. The van der Waals surface area contributed by atoms with E-state index in [1.54, 1.807) is 12.4 Å². The molecule has 0 saturated carbocycles. The fraction of sp³-hybridized carbons (Fsp3) is 0.0667. The Morgan fingerprint density at radius 2 is 2.06 bits per heavy atom. The van der Waals surface area contributed by atoms with Gasteiger partial charge in [-0.25, -0.2) is 0 Å². The van der Waals surface area contributed by atoms with Crippen molar-refractivity contribution in [1.82, 2.24) is 9.97 Å². The number of hydrogen-bond acceptors (Lipinski definition) is 3. The molecule has 3 rings (SSSR count). The van der Waals surface area contributed by atoms with Crippen LogP contribution in [-0.2, 0) is 0 Å². The normalized spacial score (nSPS) is 10.7. The zero-order valence-corrected chi connectivity index (χ0v) is 10.1. The standard InChI is InChI=1S/C15H12N2O/c1-10-5-7-17-12(8-10)11(2)15-9-13-14(18-15)4-3-6-16-13/h3-9H,2H2,1H3. The van der Waals surface area contributed by atoms with Gasteiger partial charge in [-0.2, -0.15) is 0 Å². The molecule has 0 aliphatic rings. The number of furan rings is 1. The third-order valence-electron chi connectivity index (χ3n) is 2.81. The quantitative estimate of drug-likeness (QED) is 0.682. The van der Waals surface area contributed by atoms with Gasteiger partial charge in [-0.3, -0.25) is 9.97 Å². The molecule has 0 unspecified atom stereocenters. The Labute approximate surface area is 105 Å². The van der Waals surface area contributed by atoms with E-state index >= 15 is 0 Å². The molecule has 18 heavy (non-hydrogen) atoms. The minimum atomic E-state index is 0.710. The van der Waals surface area contributed by atoms with Gasteiger partial charge in [-0.15, -0.1) is 0 Å². The van der Waals surface area contributed by atoms with E-state index in [0.29, 0.717) is 5.76 Å². The predicted octanol–water partition coefficient (Wildman–Crippen LogP) is 3.59. The van der Waals surface area contributed by atoms with Gasteiger partial charge in [0.25, 0.3) is 0 Å². The summed E-state index contributed by atoms with van der Waals surface area (Å²) in [6.07, 6.45) is 3.52. The van der Waals surface area contributed by atoms with Crippen molar-refractivity contribution in [3.63, 3.8) is 0 Å². The molecule has 3 heterocycles. The molecular weight excluding hydrogens is 224 g/mol. The number of aryl methyl sites for hydroxylation is 1. The average Bonchev–Trinajstić information content (AvgIpc) is 2.81. The third kappa shape index (κ3) is 1.80. The Morgan fingerprint density at radius 1 is 1.17 bits per heavy atom. The molecule has 0 fully saturated rings. The predicted molar refractivity (Wildman–Crippen MR) is 71.1 cm³/mol. The van der Waals surface area contributed by atoms with Crippen LogP contribution in [0.5, 0.6) is 0 Å². The summed E-state index contributed by atoms with van der Waals surface area (Å²) in [6.45, 7) is 6.07. The summed E-state index contributed by atoms with van der Waals surface area (Å²) in [4.78, 5) is 8.55. The number of aromatic nitrogens is 2. The first-order valence-corrected chi connectivity index (χ1v) is 5.71. The lowest BCUT2D eigenvalue weighted by atomic mass is 10.1. The highest BCUT2D eigenvalue weighted by Crippen LogP contribution is 2.26. The average molecular weight is 236 g/mol. The summed E-state index contributed by atoms with van der Waals surface area (Å²) in [5, 5.41) is 0. The number of nitrogens with zero attached hydrogens (tertiary/aromatic N) is 2. The zero-order chi connectivity index (χ0) is 12.5. The molecule has 3 aromatic heterocycles. The molecular formula is C15H12N2O. The van der Waals surface area contributed by atoms with Crippen LogP contribution in [0.3, 0.4) is 0 Å². The molecule has 0 amide bonds. The first-order valence-electron chi connectivity index (χ1n) is 5.71. The highest BCUT2D eigenvalue weighted by Gasteiger charge is 2.10. The van der Waals surface area contributed by atoms with Crippen molar-refractivity contribution in [3.05, 3.63) is 66.3 Å². The first kappa shape index (κ1) is 10.7.